The Hall–Kier alpha value is -1.96. The van der Waals surface area contributed by atoms with Crippen molar-refractivity contribution in [1.29, 1.82) is 0 Å². The van der Waals surface area contributed by atoms with E-state index in [9.17, 15) is 18.0 Å². The van der Waals surface area contributed by atoms with Crippen LogP contribution < -0.4 is 15.8 Å². The van der Waals surface area contributed by atoms with Crippen molar-refractivity contribution in [2.45, 2.75) is 6.18 Å². The molecule has 0 saturated carbocycles. The second-order valence-electron chi connectivity index (χ2n) is 3.88. The molecule has 3 N–H and O–H groups in total. The summed E-state index contributed by atoms with van der Waals surface area (Å²) in [6.07, 6.45) is -4.43. The molecule has 1 aromatic carbocycles. The molecule has 0 aliphatic rings. The first-order valence-electron chi connectivity index (χ1n) is 5.76. The average molecular weight is 292 g/mol. The van der Waals surface area contributed by atoms with E-state index in [0.29, 0.717) is 11.4 Å². The van der Waals surface area contributed by atoms with Crippen LogP contribution in [-0.2, 0) is 9.53 Å². The summed E-state index contributed by atoms with van der Waals surface area (Å²) >= 11 is 0. The fourth-order valence-electron chi connectivity index (χ4n) is 1.23. The number of nitrogens with one attached hydrogen (secondary N) is 1. The van der Waals surface area contributed by atoms with Crippen molar-refractivity contribution in [3.05, 3.63) is 24.3 Å². The van der Waals surface area contributed by atoms with Crippen LogP contribution in [0.15, 0.2) is 24.3 Å². The standard InChI is InChI=1S/C12H15F3N2O3/c13-12(14,15)8-19-7-11(18)17-5-6-20-10-3-1-9(16)2-4-10/h1-4H,5-8,16H2,(H,17,18). The normalized spacial score (nSPS) is 11.2. The van der Waals surface area contributed by atoms with Crippen LogP contribution in [0.3, 0.4) is 0 Å². The van der Waals surface area contributed by atoms with Gasteiger partial charge in [-0.25, -0.2) is 0 Å². The first kappa shape index (κ1) is 16.1. The lowest BCUT2D eigenvalue weighted by Gasteiger charge is -2.09. The minimum Gasteiger partial charge on any atom is -0.492 e. The summed E-state index contributed by atoms with van der Waals surface area (Å²) in [6, 6.07) is 6.67. The number of rotatable bonds is 7. The Morgan fingerprint density at radius 1 is 1.25 bits per heavy atom. The maximum atomic E-state index is 11.7. The zero-order chi connectivity index (χ0) is 15.0. The first-order valence-corrected chi connectivity index (χ1v) is 5.76. The van der Waals surface area contributed by atoms with Crippen molar-refractivity contribution in [2.75, 3.05) is 32.1 Å². The maximum absolute atomic E-state index is 11.7. The summed E-state index contributed by atoms with van der Waals surface area (Å²) in [5, 5.41) is 2.37. The molecule has 1 rings (SSSR count). The van der Waals surface area contributed by atoms with Gasteiger partial charge >= 0.3 is 6.18 Å². The van der Waals surface area contributed by atoms with Crippen molar-refractivity contribution in [2.24, 2.45) is 0 Å². The molecule has 0 aliphatic heterocycles. The molecular formula is C12H15F3N2O3. The molecule has 0 fully saturated rings. The highest BCUT2D eigenvalue weighted by molar-refractivity contribution is 5.77. The van der Waals surface area contributed by atoms with Crippen molar-refractivity contribution >= 4 is 11.6 Å². The lowest BCUT2D eigenvalue weighted by molar-refractivity contribution is -0.175. The Morgan fingerprint density at radius 2 is 1.90 bits per heavy atom. The summed E-state index contributed by atoms with van der Waals surface area (Å²) in [6.45, 7) is -1.72. The van der Waals surface area contributed by atoms with Crippen LogP contribution in [0.4, 0.5) is 18.9 Å². The van der Waals surface area contributed by atoms with Gasteiger partial charge in [0, 0.05) is 5.69 Å². The number of nitrogen functional groups attached to an aromatic ring is 1. The van der Waals surface area contributed by atoms with Crippen LogP contribution in [0.5, 0.6) is 5.75 Å². The molecule has 5 nitrogen and oxygen atoms in total. The third kappa shape index (κ3) is 7.47. The highest BCUT2D eigenvalue weighted by atomic mass is 19.4. The first-order chi connectivity index (χ1) is 9.37. The second-order valence-corrected chi connectivity index (χ2v) is 3.88. The third-order valence-corrected chi connectivity index (χ3v) is 2.07. The topological polar surface area (TPSA) is 73.6 Å². The number of hydrogen-bond donors (Lipinski definition) is 2. The molecule has 0 spiro atoms. The van der Waals surface area contributed by atoms with Crippen LogP contribution in [0.2, 0.25) is 0 Å². The molecule has 8 heteroatoms. The number of alkyl halides is 3. The molecule has 0 aliphatic carbocycles. The van der Waals surface area contributed by atoms with E-state index in [0.717, 1.165) is 0 Å². The van der Waals surface area contributed by atoms with Crippen molar-refractivity contribution in [3.8, 4) is 5.75 Å². The molecule has 0 atom stereocenters. The predicted molar refractivity (Wildman–Crippen MR) is 66.2 cm³/mol. The summed E-state index contributed by atoms with van der Waals surface area (Å²) in [7, 11) is 0. The monoisotopic (exact) mass is 292 g/mol. The van der Waals surface area contributed by atoms with Crippen LogP contribution >= 0.6 is 0 Å². The van der Waals surface area contributed by atoms with Gasteiger partial charge in [0.05, 0.1) is 6.54 Å². The Bertz CT molecular complexity index is 421. The number of ether oxygens (including phenoxy) is 2. The number of nitrogens with two attached hydrogens (primary N) is 1. The van der Waals surface area contributed by atoms with Gasteiger partial charge in [-0.2, -0.15) is 13.2 Å². The Labute approximate surface area is 113 Å². The van der Waals surface area contributed by atoms with Crippen LogP contribution in [0.25, 0.3) is 0 Å². The zero-order valence-corrected chi connectivity index (χ0v) is 10.6. The molecule has 20 heavy (non-hydrogen) atoms. The van der Waals surface area contributed by atoms with Crippen LogP contribution in [0.1, 0.15) is 0 Å². The van der Waals surface area contributed by atoms with E-state index in [1.807, 2.05) is 0 Å². The van der Waals surface area contributed by atoms with Gasteiger partial charge in [0.2, 0.25) is 5.91 Å². The number of carbonyl (C=O) groups is 1. The van der Waals surface area contributed by atoms with Crippen molar-refractivity contribution < 1.29 is 27.4 Å². The molecule has 0 heterocycles. The highest BCUT2D eigenvalue weighted by Crippen LogP contribution is 2.14. The predicted octanol–water partition coefficient (Wildman–Crippen LogP) is 1.34. The lowest BCUT2D eigenvalue weighted by Crippen LogP contribution is -2.32. The van der Waals surface area contributed by atoms with Gasteiger partial charge in [-0.05, 0) is 24.3 Å². The minimum absolute atomic E-state index is 0.165. The molecule has 0 bridgehead atoms. The summed E-state index contributed by atoms with van der Waals surface area (Å²) in [4.78, 5) is 11.1. The van der Waals surface area contributed by atoms with E-state index in [4.69, 9.17) is 10.5 Å². The summed E-state index contributed by atoms with van der Waals surface area (Å²) < 4.78 is 44.7. The number of halogens is 3. The fourth-order valence-corrected chi connectivity index (χ4v) is 1.23. The van der Waals surface area contributed by atoms with Gasteiger partial charge in [-0.15, -0.1) is 0 Å². The minimum atomic E-state index is -4.43. The van der Waals surface area contributed by atoms with E-state index in [-0.39, 0.29) is 13.2 Å². The van der Waals surface area contributed by atoms with E-state index >= 15 is 0 Å². The summed E-state index contributed by atoms with van der Waals surface area (Å²) in [5.41, 5.74) is 6.10. The molecule has 0 radical (unpaired) electrons. The highest BCUT2D eigenvalue weighted by Gasteiger charge is 2.27. The van der Waals surface area contributed by atoms with Gasteiger partial charge < -0.3 is 20.5 Å². The van der Waals surface area contributed by atoms with E-state index in [1.54, 1.807) is 24.3 Å². The fraction of sp³-hybridized carbons (Fsp3) is 0.417. The van der Waals surface area contributed by atoms with Crippen LogP contribution in [-0.4, -0.2) is 38.4 Å². The van der Waals surface area contributed by atoms with Crippen molar-refractivity contribution in [3.63, 3.8) is 0 Å². The van der Waals surface area contributed by atoms with Crippen molar-refractivity contribution in [1.82, 2.24) is 5.32 Å². The van der Waals surface area contributed by atoms with Gasteiger partial charge in [0.25, 0.3) is 0 Å². The molecule has 1 aromatic rings. The molecule has 0 unspecified atom stereocenters. The largest absolute Gasteiger partial charge is 0.492 e. The Balaban J connectivity index is 2.09. The number of hydrogen-bond acceptors (Lipinski definition) is 4. The number of benzene rings is 1. The smallest absolute Gasteiger partial charge is 0.411 e. The van der Waals surface area contributed by atoms with E-state index in [2.05, 4.69) is 10.1 Å². The molecule has 1 amide bonds. The van der Waals surface area contributed by atoms with Gasteiger partial charge in [-0.1, -0.05) is 0 Å². The zero-order valence-electron chi connectivity index (χ0n) is 10.6. The van der Waals surface area contributed by atoms with Gasteiger partial charge in [0.1, 0.15) is 25.6 Å². The quantitative estimate of drug-likeness (QED) is 0.587. The summed E-state index contributed by atoms with van der Waals surface area (Å²) in [5.74, 6) is -0.0445. The molecule has 0 aromatic heterocycles. The number of anilines is 1. The Kier molecular flexibility index (Phi) is 6.10. The third-order valence-electron chi connectivity index (χ3n) is 2.07. The molecule has 0 saturated heterocycles. The average Bonchev–Trinajstić information content (AvgIpc) is 2.35. The van der Waals surface area contributed by atoms with Crippen LogP contribution in [0, 0.1) is 0 Å². The SMILES string of the molecule is Nc1ccc(OCCNC(=O)COCC(F)(F)F)cc1. The van der Waals surface area contributed by atoms with E-state index < -0.39 is 25.3 Å². The maximum Gasteiger partial charge on any atom is 0.411 e. The Morgan fingerprint density at radius 3 is 2.50 bits per heavy atom. The second kappa shape index (κ2) is 7.59. The van der Waals surface area contributed by atoms with Gasteiger partial charge in [0.15, 0.2) is 0 Å². The lowest BCUT2D eigenvalue weighted by atomic mass is 10.3. The van der Waals surface area contributed by atoms with Gasteiger partial charge in [-0.3, -0.25) is 4.79 Å². The number of amides is 1. The van der Waals surface area contributed by atoms with E-state index in [1.165, 1.54) is 0 Å². The molecular weight excluding hydrogens is 277 g/mol. The molecule has 112 valence electrons. The number of carbonyl (C=O) groups excluding carboxylic acids is 1.